The monoisotopic (exact) mass is 352 g/mol. The average molecular weight is 353 g/mol. The lowest BCUT2D eigenvalue weighted by Gasteiger charge is -2.11. The fourth-order valence-electron chi connectivity index (χ4n) is 2.32. The maximum absolute atomic E-state index is 12.6. The van der Waals surface area contributed by atoms with Crippen molar-refractivity contribution in [3.8, 4) is 0 Å². The highest BCUT2D eigenvalue weighted by molar-refractivity contribution is 6.31. The molecule has 0 aliphatic carbocycles. The summed E-state index contributed by atoms with van der Waals surface area (Å²) in [4.78, 5) is 21.2. The van der Waals surface area contributed by atoms with Crippen LogP contribution in [0.3, 0.4) is 0 Å². The number of nitrogens with one attached hydrogen (secondary N) is 2. The van der Waals surface area contributed by atoms with Crippen LogP contribution in [0.1, 0.15) is 21.7 Å². The first-order valence-corrected chi connectivity index (χ1v) is 8.15. The van der Waals surface area contributed by atoms with E-state index < -0.39 is 0 Å². The van der Waals surface area contributed by atoms with Gasteiger partial charge in [0.25, 0.3) is 5.91 Å². The molecule has 1 heterocycles. The third-order valence-corrected chi connectivity index (χ3v) is 4.04. The third-order valence-electron chi connectivity index (χ3n) is 3.63. The van der Waals surface area contributed by atoms with Crippen molar-refractivity contribution < 1.29 is 4.79 Å². The molecule has 0 saturated carbocycles. The topological polar surface area (TPSA) is 66.9 Å². The fourth-order valence-corrected chi connectivity index (χ4v) is 2.50. The molecule has 3 aromatic rings. The summed E-state index contributed by atoms with van der Waals surface area (Å²) < 4.78 is 0. The second kappa shape index (κ2) is 7.32. The van der Waals surface area contributed by atoms with Crippen molar-refractivity contribution in [2.45, 2.75) is 13.8 Å². The summed E-state index contributed by atoms with van der Waals surface area (Å²) in [5.74, 6) is 0.0612. The van der Waals surface area contributed by atoms with E-state index in [2.05, 4.69) is 20.6 Å². The Balaban J connectivity index is 1.84. The largest absolute Gasteiger partial charge is 0.324 e. The number of amides is 1. The van der Waals surface area contributed by atoms with Crippen LogP contribution in [-0.2, 0) is 0 Å². The molecule has 0 bridgehead atoms. The first-order chi connectivity index (χ1) is 12.0. The summed E-state index contributed by atoms with van der Waals surface area (Å²) in [5.41, 5.74) is 3.30. The van der Waals surface area contributed by atoms with Crippen molar-refractivity contribution in [2.24, 2.45) is 0 Å². The predicted octanol–water partition coefficient (Wildman–Crippen LogP) is 4.74. The van der Waals surface area contributed by atoms with Crippen LogP contribution in [0.2, 0.25) is 5.02 Å². The molecule has 0 saturated heterocycles. The van der Waals surface area contributed by atoms with E-state index in [1.54, 1.807) is 24.3 Å². The number of halogens is 1. The van der Waals surface area contributed by atoms with Crippen LogP contribution in [0.4, 0.5) is 17.3 Å². The van der Waals surface area contributed by atoms with Gasteiger partial charge in [0.2, 0.25) is 5.95 Å². The number of anilines is 3. The second-order valence-electron chi connectivity index (χ2n) is 5.58. The number of hydrogen-bond acceptors (Lipinski definition) is 4. The Bertz CT molecular complexity index is 913. The van der Waals surface area contributed by atoms with Crippen molar-refractivity contribution in [3.63, 3.8) is 0 Å². The van der Waals surface area contributed by atoms with E-state index in [4.69, 9.17) is 11.6 Å². The number of nitrogens with zero attached hydrogens (tertiary/aromatic N) is 2. The fraction of sp³-hybridized carbons (Fsp3) is 0.105. The number of rotatable bonds is 4. The van der Waals surface area contributed by atoms with Gasteiger partial charge >= 0.3 is 0 Å². The van der Waals surface area contributed by atoms with Crippen LogP contribution in [0, 0.1) is 13.8 Å². The quantitative estimate of drug-likeness (QED) is 0.711. The zero-order valence-corrected chi connectivity index (χ0v) is 14.6. The van der Waals surface area contributed by atoms with Crippen LogP contribution in [0.15, 0.2) is 54.6 Å². The molecule has 0 atom stereocenters. The van der Waals surface area contributed by atoms with Gasteiger partial charge in [-0.2, -0.15) is 0 Å². The normalized spacial score (nSPS) is 10.4. The first-order valence-electron chi connectivity index (χ1n) is 7.77. The number of hydrogen-bond donors (Lipinski definition) is 2. The lowest BCUT2D eigenvalue weighted by Crippen LogP contribution is -2.16. The summed E-state index contributed by atoms with van der Waals surface area (Å²) in [5, 5.41) is 6.55. The predicted molar refractivity (Wildman–Crippen MR) is 101 cm³/mol. The second-order valence-corrected chi connectivity index (χ2v) is 5.98. The third kappa shape index (κ3) is 4.14. The Labute approximate surface area is 151 Å². The Kier molecular flexibility index (Phi) is 4.95. The van der Waals surface area contributed by atoms with E-state index in [-0.39, 0.29) is 11.6 Å². The maximum atomic E-state index is 12.6. The van der Waals surface area contributed by atoms with E-state index in [1.807, 2.05) is 44.2 Å². The van der Waals surface area contributed by atoms with Crippen molar-refractivity contribution in [1.29, 1.82) is 0 Å². The molecule has 0 unspecified atom stereocenters. The molecule has 1 aromatic heterocycles. The van der Waals surface area contributed by atoms with Crippen LogP contribution >= 0.6 is 11.6 Å². The zero-order valence-electron chi connectivity index (χ0n) is 13.9. The van der Waals surface area contributed by atoms with Crippen LogP contribution in [0.25, 0.3) is 0 Å². The molecular formula is C19H17ClN4O. The summed E-state index contributed by atoms with van der Waals surface area (Å²) in [7, 11) is 0. The molecule has 126 valence electrons. The standard InChI is InChI=1S/C19H17ClN4O/c1-12-11-17(18(25)23-16-10-6-9-15(20)13(16)2)24-19(21-12)22-14-7-4-3-5-8-14/h3-11H,1-2H3,(H,23,25)(H,21,22,24). The van der Waals surface area contributed by atoms with Crippen molar-refractivity contribution in [3.05, 3.63) is 76.6 Å². The molecule has 5 nitrogen and oxygen atoms in total. The van der Waals surface area contributed by atoms with Gasteiger partial charge in [-0.3, -0.25) is 4.79 Å². The molecule has 0 aliphatic rings. The van der Waals surface area contributed by atoms with Crippen LogP contribution < -0.4 is 10.6 Å². The molecule has 0 aliphatic heterocycles. The highest BCUT2D eigenvalue weighted by Crippen LogP contribution is 2.23. The van der Waals surface area contributed by atoms with Crippen molar-refractivity contribution >= 4 is 34.8 Å². The highest BCUT2D eigenvalue weighted by atomic mass is 35.5. The van der Waals surface area contributed by atoms with Crippen molar-refractivity contribution in [2.75, 3.05) is 10.6 Å². The zero-order chi connectivity index (χ0) is 17.8. The van der Waals surface area contributed by atoms with Gasteiger partial charge < -0.3 is 10.6 Å². The molecule has 0 spiro atoms. The lowest BCUT2D eigenvalue weighted by atomic mass is 10.2. The minimum absolute atomic E-state index is 0.283. The molecule has 25 heavy (non-hydrogen) atoms. The summed E-state index contributed by atoms with van der Waals surface area (Å²) >= 11 is 6.10. The van der Waals surface area contributed by atoms with E-state index in [1.165, 1.54) is 0 Å². The van der Waals surface area contributed by atoms with Gasteiger partial charge in [0.1, 0.15) is 5.69 Å². The summed E-state index contributed by atoms with van der Waals surface area (Å²) in [6, 6.07) is 16.6. The van der Waals surface area contributed by atoms with Crippen LogP contribution in [-0.4, -0.2) is 15.9 Å². The molecule has 0 radical (unpaired) electrons. The summed E-state index contributed by atoms with van der Waals surface area (Å²) in [6.45, 7) is 3.67. The highest BCUT2D eigenvalue weighted by Gasteiger charge is 2.13. The number of carbonyl (C=O) groups is 1. The SMILES string of the molecule is Cc1cc(C(=O)Nc2cccc(Cl)c2C)nc(Nc2ccccc2)n1. The Morgan fingerprint density at radius 2 is 1.76 bits per heavy atom. The number of benzene rings is 2. The smallest absolute Gasteiger partial charge is 0.274 e. The van der Waals surface area contributed by atoms with Gasteiger partial charge in [-0.1, -0.05) is 35.9 Å². The van der Waals surface area contributed by atoms with E-state index >= 15 is 0 Å². The Hall–Kier alpha value is -2.92. The number of para-hydroxylation sites is 1. The molecule has 6 heteroatoms. The molecule has 1 amide bonds. The van der Waals surface area contributed by atoms with E-state index in [0.717, 1.165) is 11.3 Å². The molecule has 2 aromatic carbocycles. The van der Waals surface area contributed by atoms with Gasteiger partial charge in [-0.05, 0) is 49.7 Å². The first kappa shape index (κ1) is 16.9. The number of aryl methyl sites for hydroxylation is 1. The molecule has 2 N–H and O–H groups in total. The van der Waals surface area contributed by atoms with E-state index in [9.17, 15) is 4.79 Å². The van der Waals surface area contributed by atoms with Gasteiger partial charge in [0, 0.05) is 22.1 Å². The molecule has 0 fully saturated rings. The average Bonchev–Trinajstić information content (AvgIpc) is 2.59. The Morgan fingerprint density at radius 3 is 2.52 bits per heavy atom. The number of aromatic nitrogens is 2. The lowest BCUT2D eigenvalue weighted by molar-refractivity contribution is 0.102. The minimum Gasteiger partial charge on any atom is -0.324 e. The van der Waals surface area contributed by atoms with Gasteiger partial charge in [0.15, 0.2) is 0 Å². The van der Waals surface area contributed by atoms with Crippen LogP contribution in [0.5, 0.6) is 0 Å². The molecular weight excluding hydrogens is 336 g/mol. The van der Waals surface area contributed by atoms with Gasteiger partial charge in [-0.25, -0.2) is 9.97 Å². The molecule has 3 rings (SSSR count). The number of carbonyl (C=O) groups excluding carboxylic acids is 1. The van der Waals surface area contributed by atoms with Crippen molar-refractivity contribution in [1.82, 2.24) is 9.97 Å². The maximum Gasteiger partial charge on any atom is 0.274 e. The summed E-state index contributed by atoms with van der Waals surface area (Å²) in [6.07, 6.45) is 0. The Morgan fingerprint density at radius 1 is 1.00 bits per heavy atom. The van der Waals surface area contributed by atoms with E-state index in [0.29, 0.717) is 22.4 Å². The van der Waals surface area contributed by atoms with Gasteiger partial charge in [0.05, 0.1) is 0 Å². The minimum atomic E-state index is -0.313. The van der Waals surface area contributed by atoms with Gasteiger partial charge in [-0.15, -0.1) is 0 Å².